The van der Waals surface area contributed by atoms with Crippen molar-refractivity contribution in [2.75, 3.05) is 7.11 Å². The van der Waals surface area contributed by atoms with Gasteiger partial charge in [0.2, 0.25) is 0 Å². The van der Waals surface area contributed by atoms with E-state index in [1.807, 2.05) is 44.2 Å². The summed E-state index contributed by atoms with van der Waals surface area (Å²) in [6, 6.07) is 9.57. The average Bonchev–Trinajstić information content (AvgIpc) is 2.37. The number of Topliss-reactive ketones (excluding diaryl/α,β-unsaturated/α-hetero) is 1. The van der Waals surface area contributed by atoms with Crippen LogP contribution in [0.2, 0.25) is 0 Å². The normalized spacial score (nSPS) is 12.6. The van der Waals surface area contributed by atoms with Crippen molar-refractivity contribution >= 4 is 16.7 Å². The van der Waals surface area contributed by atoms with E-state index in [4.69, 9.17) is 4.74 Å². The zero-order valence-corrected chi connectivity index (χ0v) is 10.9. The molecule has 1 unspecified atom stereocenters. The number of aromatic nitrogens is 1. The minimum atomic E-state index is -0.0515. The first-order valence-electron chi connectivity index (χ1n) is 6.03. The van der Waals surface area contributed by atoms with Crippen molar-refractivity contribution in [3.05, 3.63) is 41.6 Å². The molecule has 0 aliphatic carbocycles. The second kappa shape index (κ2) is 5.27. The molecule has 3 heteroatoms. The summed E-state index contributed by atoms with van der Waals surface area (Å²) in [5, 5.41) is 0.997. The Morgan fingerprint density at radius 3 is 2.83 bits per heavy atom. The summed E-state index contributed by atoms with van der Waals surface area (Å²) in [7, 11) is 1.62. The monoisotopic (exact) mass is 243 g/mol. The van der Waals surface area contributed by atoms with Gasteiger partial charge in [-0.1, -0.05) is 6.07 Å². The molecule has 2 aromatic rings. The zero-order chi connectivity index (χ0) is 13.1. The van der Waals surface area contributed by atoms with E-state index in [9.17, 15) is 4.79 Å². The molecule has 18 heavy (non-hydrogen) atoms. The van der Waals surface area contributed by atoms with E-state index in [1.165, 1.54) is 0 Å². The highest BCUT2D eigenvalue weighted by Gasteiger charge is 2.11. The van der Waals surface area contributed by atoms with Crippen LogP contribution in [0.25, 0.3) is 10.9 Å². The molecule has 0 bridgehead atoms. The van der Waals surface area contributed by atoms with Gasteiger partial charge in [0.1, 0.15) is 0 Å². The fraction of sp³-hybridized carbons (Fsp3) is 0.333. The Morgan fingerprint density at radius 1 is 1.33 bits per heavy atom. The maximum Gasteiger partial charge on any atom is 0.165 e. The van der Waals surface area contributed by atoms with Crippen LogP contribution in [0.1, 0.15) is 29.4 Å². The van der Waals surface area contributed by atoms with Crippen LogP contribution < -0.4 is 0 Å². The molecular weight excluding hydrogens is 226 g/mol. The molecule has 2 rings (SSSR count). The quantitative estimate of drug-likeness (QED) is 0.774. The van der Waals surface area contributed by atoms with Gasteiger partial charge in [0.05, 0.1) is 11.6 Å². The minimum absolute atomic E-state index is 0.0515. The fourth-order valence-electron chi connectivity index (χ4n) is 1.86. The number of ketones is 1. The van der Waals surface area contributed by atoms with Gasteiger partial charge in [-0.15, -0.1) is 0 Å². The molecule has 3 nitrogen and oxygen atoms in total. The van der Waals surface area contributed by atoms with E-state index < -0.39 is 0 Å². The number of hydrogen-bond donors (Lipinski definition) is 0. The van der Waals surface area contributed by atoms with E-state index in [0.29, 0.717) is 6.42 Å². The van der Waals surface area contributed by atoms with Crippen LogP contribution >= 0.6 is 0 Å². The predicted molar refractivity (Wildman–Crippen MR) is 71.9 cm³/mol. The van der Waals surface area contributed by atoms with Crippen molar-refractivity contribution in [3.63, 3.8) is 0 Å². The Labute approximate surface area is 107 Å². The van der Waals surface area contributed by atoms with Crippen molar-refractivity contribution in [1.82, 2.24) is 4.98 Å². The van der Waals surface area contributed by atoms with Gasteiger partial charge in [-0.2, -0.15) is 0 Å². The molecule has 0 saturated carbocycles. The lowest BCUT2D eigenvalue weighted by Crippen LogP contribution is -2.12. The number of aryl methyl sites for hydroxylation is 1. The lowest BCUT2D eigenvalue weighted by molar-refractivity contribution is 0.0792. The Bertz CT molecular complexity index is 578. The first-order valence-corrected chi connectivity index (χ1v) is 6.03. The number of fused-ring (bicyclic) bond motifs is 1. The van der Waals surface area contributed by atoms with Gasteiger partial charge in [0.25, 0.3) is 0 Å². The first-order chi connectivity index (χ1) is 8.60. The summed E-state index contributed by atoms with van der Waals surface area (Å²) >= 11 is 0. The van der Waals surface area contributed by atoms with E-state index in [-0.39, 0.29) is 11.9 Å². The summed E-state index contributed by atoms with van der Waals surface area (Å²) in [5.41, 5.74) is 2.62. The van der Waals surface area contributed by atoms with Gasteiger partial charge in [-0.25, -0.2) is 0 Å². The third-order valence-electron chi connectivity index (χ3n) is 3.03. The number of rotatable bonds is 4. The first kappa shape index (κ1) is 12.7. The number of hydrogen-bond acceptors (Lipinski definition) is 3. The molecule has 0 N–H and O–H groups in total. The van der Waals surface area contributed by atoms with E-state index in [0.717, 1.165) is 22.2 Å². The van der Waals surface area contributed by atoms with Crippen molar-refractivity contribution in [3.8, 4) is 0 Å². The maximum atomic E-state index is 12.0. The zero-order valence-electron chi connectivity index (χ0n) is 10.9. The van der Waals surface area contributed by atoms with E-state index in [1.54, 1.807) is 7.11 Å². The summed E-state index contributed by atoms with van der Waals surface area (Å²) < 4.78 is 5.11. The number of carbonyl (C=O) groups is 1. The largest absolute Gasteiger partial charge is 0.381 e. The topological polar surface area (TPSA) is 39.2 Å². The summed E-state index contributed by atoms with van der Waals surface area (Å²) in [5.74, 6) is 0.104. The van der Waals surface area contributed by atoms with Crippen molar-refractivity contribution in [2.45, 2.75) is 26.4 Å². The maximum absolute atomic E-state index is 12.0. The van der Waals surface area contributed by atoms with Crippen LogP contribution in [0.3, 0.4) is 0 Å². The Kier molecular flexibility index (Phi) is 3.72. The smallest absolute Gasteiger partial charge is 0.165 e. The van der Waals surface area contributed by atoms with Crippen molar-refractivity contribution in [1.29, 1.82) is 0 Å². The lowest BCUT2D eigenvalue weighted by atomic mass is 10.0. The molecule has 0 fully saturated rings. The molecule has 94 valence electrons. The van der Waals surface area contributed by atoms with Crippen molar-refractivity contribution < 1.29 is 9.53 Å². The van der Waals surface area contributed by atoms with Crippen LogP contribution in [-0.2, 0) is 4.74 Å². The number of methoxy groups -OCH3 is 1. The van der Waals surface area contributed by atoms with Crippen LogP contribution in [0, 0.1) is 6.92 Å². The van der Waals surface area contributed by atoms with Crippen molar-refractivity contribution in [2.24, 2.45) is 0 Å². The van der Waals surface area contributed by atoms with Crippen LogP contribution in [0.15, 0.2) is 30.3 Å². The number of pyridine rings is 1. The van der Waals surface area contributed by atoms with Crippen LogP contribution in [0.5, 0.6) is 0 Å². The number of nitrogens with zero attached hydrogens (tertiary/aromatic N) is 1. The minimum Gasteiger partial charge on any atom is -0.381 e. The molecule has 0 aliphatic heterocycles. The van der Waals surface area contributed by atoms with Gasteiger partial charge in [0, 0.05) is 30.2 Å². The number of benzene rings is 1. The number of ether oxygens (including phenoxy) is 1. The van der Waals surface area contributed by atoms with E-state index in [2.05, 4.69) is 4.98 Å². The molecule has 0 aliphatic rings. The molecular formula is C15H17NO2. The summed E-state index contributed by atoms with van der Waals surface area (Å²) in [4.78, 5) is 16.4. The fourth-order valence-corrected chi connectivity index (χ4v) is 1.86. The number of carbonyl (C=O) groups excluding carboxylic acids is 1. The third kappa shape index (κ3) is 2.74. The lowest BCUT2D eigenvalue weighted by Gasteiger charge is -2.08. The van der Waals surface area contributed by atoms with Gasteiger partial charge in [0.15, 0.2) is 5.78 Å². The Hall–Kier alpha value is -1.74. The standard InChI is InChI=1S/C15H17NO2/c1-10-4-5-12-9-13(6-7-14(12)16-10)15(17)8-11(2)18-3/h4-7,9,11H,8H2,1-3H3. The molecule has 0 saturated heterocycles. The van der Waals surface area contributed by atoms with Crippen LogP contribution in [0.4, 0.5) is 0 Å². The van der Waals surface area contributed by atoms with Gasteiger partial charge in [-0.3, -0.25) is 9.78 Å². The van der Waals surface area contributed by atoms with Crippen LogP contribution in [-0.4, -0.2) is 24.0 Å². The summed E-state index contributed by atoms with van der Waals surface area (Å²) in [6.07, 6.45) is 0.353. The molecule has 1 aromatic carbocycles. The average molecular weight is 243 g/mol. The summed E-state index contributed by atoms with van der Waals surface area (Å²) in [6.45, 7) is 3.85. The van der Waals surface area contributed by atoms with Gasteiger partial charge < -0.3 is 4.74 Å². The second-order valence-corrected chi connectivity index (χ2v) is 4.53. The predicted octanol–water partition coefficient (Wildman–Crippen LogP) is 3.15. The Balaban J connectivity index is 2.30. The SMILES string of the molecule is COC(C)CC(=O)c1ccc2nc(C)ccc2c1. The molecule has 0 radical (unpaired) electrons. The van der Waals surface area contributed by atoms with Gasteiger partial charge >= 0.3 is 0 Å². The molecule has 1 heterocycles. The van der Waals surface area contributed by atoms with E-state index >= 15 is 0 Å². The van der Waals surface area contributed by atoms with Gasteiger partial charge in [-0.05, 0) is 38.1 Å². The highest BCUT2D eigenvalue weighted by Crippen LogP contribution is 2.16. The molecule has 0 spiro atoms. The highest BCUT2D eigenvalue weighted by molar-refractivity contribution is 5.99. The molecule has 1 aromatic heterocycles. The molecule has 0 amide bonds. The highest BCUT2D eigenvalue weighted by atomic mass is 16.5. The Morgan fingerprint density at radius 2 is 2.11 bits per heavy atom. The molecule has 1 atom stereocenters. The second-order valence-electron chi connectivity index (χ2n) is 4.53. The third-order valence-corrected chi connectivity index (χ3v) is 3.03.